The van der Waals surface area contributed by atoms with Crippen LogP contribution in [-0.2, 0) is 16.0 Å². The van der Waals surface area contributed by atoms with E-state index in [2.05, 4.69) is 21.2 Å². The van der Waals surface area contributed by atoms with Gasteiger partial charge in [0.25, 0.3) is 5.91 Å². The monoisotopic (exact) mass is 428 g/mol. The number of nitrogens with one attached hydrogen (secondary N) is 1. The van der Waals surface area contributed by atoms with Crippen LogP contribution < -0.4 is 15.0 Å². The zero-order chi connectivity index (χ0) is 19.4. The van der Waals surface area contributed by atoms with Gasteiger partial charge in [0.05, 0.1) is 7.11 Å². The summed E-state index contributed by atoms with van der Waals surface area (Å²) in [6, 6.07) is 11.3. The average molecular weight is 429 g/mol. The Morgan fingerprint density at radius 1 is 1.26 bits per heavy atom. The van der Waals surface area contributed by atoms with E-state index >= 15 is 0 Å². The van der Waals surface area contributed by atoms with E-state index in [1.807, 2.05) is 36.4 Å². The predicted octanol–water partition coefficient (Wildman–Crippen LogP) is 4.41. The average Bonchev–Trinajstić information content (AvgIpc) is 2.65. The van der Waals surface area contributed by atoms with Gasteiger partial charge in [0.15, 0.2) is 0 Å². The van der Waals surface area contributed by atoms with Crippen LogP contribution in [0.25, 0.3) is 6.08 Å². The molecule has 0 aliphatic carbocycles. The molecule has 27 heavy (non-hydrogen) atoms. The van der Waals surface area contributed by atoms with Crippen LogP contribution in [0.2, 0.25) is 0 Å². The van der Waals surface area contributed by atoms with Crippen molar-refractivity contribution >= 4 is 45.2 Å². The van der Waals surface area contributed by atoms with Gasteiger partial charge in [-0.3, -0.25) is 9.59 Å². The number of fused-ring (bicyclic) bond motifs is 1. The van der Waals surface area contributed by atoms with Gasteiger partial charge in [0, 0.05) is 41.0 Å². The number of rotatable bonds is 4. The van der Waals surface area contributed by atoms with E-state index < -0.39 is 0 Å². The van der Waals surface area contributed by atoms with Crippen LogP contribution in [0, 0.1) is 0 Å². The second kappa shape index (κ2) is 8.39. The Labute approximate surface area is 167 Å². The number of hydrogen-bond acceptors (Lipinski definition) is 3. The van der Waals surface area contributed by atoms with Crippen LogP contribution in [-0.4, -0.2) is 25.5 Å². The Morgan fingerprint density at radius 3 is 2.81 bits per heavy atom. The highest BCUT2D eigenvalue weighted by molar-refractivity contribution is 9.10. The highest BCUT2D eigenvalue weighted by Crippen LogP contribution is 2.33. The Balaban J connectivity index is 1.87. The van der Waals surface area contributed by atoms with Crippen molar-refractivity contribution in [2.45, 2.75) is 19.8 Å². The Hall–Kier alpha value is -2.60. The second-order valence-electron chi connectivity index (χ2n) is 6.30. The van der Waals surface area contributed by atoms with E-state index in [4.69, 9.17) is 4.74 Å². The minimum atomic E-state index is -0.117. The van der Waals surface area contributed by atoms with Crippen LogP contribution in [0.1, 0.15) is 24.5 Å². The number of carbonyl (C=O) groups excluding carboxylic acids is 2. The third kappa shape index (κ3) is 4.39. The Bertz CT molecular complexity index is 908. The van der Waals surface area contributed by atoms with Crippen LogP contribution in [0.5, 0.6) is 5.75 Å². The fourth-order valence-corrected chi connectivity index (χ4v) is 3.63. The molecule has 0 radical (unpaired) electrons. The number of carbonyl (C=O) groups is 2. The van der Waals surface area contributed by atoms with Gasteiger partial charge in [0.2, 0.25) is 5.91 Å². The van der Waals surface area contributed by atoms with Gasteiger partial charge in [-0.1, -0.05) is 22.0 Å². The van der Waals surface area contributed by atoms with Crippen molar-refractivity contribution in [2.75, 3.05) is 23.9 Å². The fraction of sp³-hybridized carbons (Fsp3) is 0.238. The van der Waals surface area contributed by atoms with Gasteiger partial charge in [-0.05, 0) is 54.8 Å². The number of halogens is 1. The summed E-state index contributed by atoms with van der Waals surface area (Å²) in [6.45, 7) is 2.13. The zero-order valence-corrected chi connectivity index (χ0v) is 16.9. The lowest BCUT2D eigenvalue weighted by Crippen LogP contribution is -2.34. The summed E-state index contributed by atoms with van der Waals surface area (Å²) in [4.78, 5) is 26.0. The molecule has 0 spiro atoms. The molecule has 0 saturated heterocycles. The maximum absolute atomic E-state index is 12.9. The van der Waals surface area contributed by atoms with Gasteiger partial charge < -0.3 is 15.0 Å². The van der Waals surface area contributed by atoms with Crippen molar-refractivity contribution in [3.63, 3.8) is 0 Å². The molecule has 0 bridgehead atoms. The van der Waals surface area contributed by atoms with E-state index in [1.165, 1.54) is 6.92 Å². The van der Waals surface area contributed by atoms with E-state index in [1.54, 1.807) is 24.2 Å². The lowest BCUT2D eigenvalue weighted by Gasteiger charge is -2.30. The molecule has 0 atom stereocenters. The summed E-state index contributed by atoms with van der Waals surface area (Å²) in [6.07, 6.45) is 5.00. The number of benzene rings is 2. The van der Waals surface area contributed by atoms with Crippen LogP contribution in [0.4, 0.5) is 11.4 Å². The van der Waals surface area contributed by atoms with Crippen LogP contribution in [0.15, 0.2) is 46.9 Å². The number of ether oxygens (including phenoxy) is 1. The van der Waals surface area contributed by atoms with Gasteiger partial charge >= 0.3 is 0 Å². The second-order valence-corrected chi connectivity index (χ2v) is 7.21. The standard InChI is InChI=1S/C21H21BrN2O3/c1-14(25)23-18-6-3-7-19-17(18)5-4-12-24(19)21(26)11-8-15-13-16(22)9-10-20(15)27-2/h3,6-11,13H,4-5,12H2,1-2H3,(H,23,25)/b11-8+. The first-order valence-corrected chi connectivity index (χ1v) is 9.51. The van der Waals surface area contributed by atoms with Gasteiger partial charge in [0.1, 0.15) is 5.75 Å². The zero-order valence-electron chi connectivity index (χ0n) is 15.3. The van der Waals surface area contributed by atoms with E-state index in [-0.39, 0.29) is 11.8 Å². The third-order valence-electron chi connectivity index (χ3n) is 4.42. The van der Waals surface area contributed by atoms with E-state index in [0.29, 0.717) is 12.3 Å². The maximum atomic E-state index is 12.9. The molecule has 0 fully saturated rings. The number of nitrogens with zero attached hydrogens (tertiary/aromatic N) is 1. The van der Waals surface area contributed by atoms with Crippen molar-refractivity contribution in [3.05, 3.63) is 58.1 Å². The summed E-state index contributed by atoms with van der Waals surface area (Å²) < 4.78 is 6.27. The van der Waals surface area contributed by atoms with Gasteiger partial charge in [-0.25, -0.2) is 0 Å². The molecule has 2 amide bonds. The molecule has 0 aromatic heterocycles. The molecular weight excluding hydrogens is 408 g/mol. The molecule has 140 valence electrons. The quantitative estimate of drug-likeness (QED) is 0.733. The summed E-state index contributed by atoms with van der Waals surface area (Å²) >= 11 is 3.44. The summed E-state index contributed by atoms with van der Waals surface area (Å²) in [5.41, 5.74) is 3.45. The first-order chi connectivity index (χ1) is 13.0. The summed E-state index contributed by atoms with van der Waals surface area (Å²) in [5, 5.41) is 2.85. The largest absolute Gasteiger partial charge is 0.496 e. The highest BCUT2D eigenvalue weighted by atomic mass is 79.9. The molecular formula is C21H21BrN2O3. The molecule has 1 aliphatic heterocycles. The van der Waals surface area contributed by atoms with E-state index in [0.717, 1.165) is 39.8 Å². The SMILES string of the molecule is COc1ccc(Br)cc1/C=C/C(=O)N1CCCc2c(NC(C)=O)cccc21. The van der Waals surface area contributed by atoms with E-state index in [9.17, 15) is 9.59 Å². The van der Waals surface area contributed by atoms with Crippen molar-refractivity contribution < 1.29 is 14.3 Å². The highest BCUT2D eigenvalue weighted by Gasteiger charge is 2.23. The lowest BCUT2D eigenvalue weighted by atomic mass is 9.99. The molecule has 1 N–H and O–H groups in total. The molecule has 0 unspecified atom stereocenters. The van der Waals surface area contributed by atoms with Gasteiger partial charge in [-0.2, -0.15) is 0 Å². The van der Waals surface area contributed by atoms with Crippen molar-refractivity contribution in [1.29, 1.82) is 0 Å². The number of amides is 2. The minimum absolute atomic E-state index is 0.0991. The van der Waals surface area contributed by atoms with Crippen molar-refractivity contribution in [2.24, 2.45) is 0 Å². The Kier molecular flexibility index (Phi) is 5.96. The molecule has 1 heterocycles. The fourth-order valence-electron chi connectivity index (χ4n) is 3.25. The van der Waals surface area contributed by atoms with Crippen LogP contribution in [0.3, 0.4) is 0 Å². The maximum Gasteiger partial charge on any atom is 0.251 e. The summed E-state index contributed by atoms with van der Waals surface area (Å²) in [5.74, 6) is 0.487. The number of methoxy groups -OCH3 is 1. The predicted molar refractivity (Wildman–Crippen MR) is 111 cm³/mol. The first kappa shape index (κ1) is 19.2. The molecule has 2 aromatic carbocycles. The molecule has 2 aromatic rings. The molecule has 3 rings (SSSR count). The molecule has 0 saturated carbocycles. The molecule has 6 heteroatoms. The number of hydrogen-bond donors (Lipinski definition) is 1. The lowest BCUT2D eigenvalue weighted by molar-refractivity contribution is -0.114. The van der Waals surface area contributed by atoms with Crippen molar-refractivity contribution in [1.82, 2.24) is 0 Å². The third-order valence-corrected chi connectivity index (χ3v) is 4.92. The normalized spacial score (nSPS) is 13.4. The molecule has 1 aliphatic rings. The Morgan fingerprint density at radius 2 is 2.07 bits per heavy atom. The topological polar surface area (TPSA) is 58.6 Å². The van der Waals surface area contributed by atoms with Gasteiger partial charge in [-0.15, -0.1) is 0 Å². The minimum Gasteiger partial charge on any atom is -0.496 e. The summed E-state index contributed by atoms with van der Waals surface area (Å²) in [7, 11) is 1.60. The first-order valence-electron chi connectivity index (χ1n) is 8.72. The van der Waals surface area contributed by atoms with Crippen molar-refractivity contribution in [3.8, 4) is 5.75 Å². The smallest absolute Gasteiger partial charge is 0.251 e. The van der Waals surface area contributed by atoms with Crippen LogP contribution >= 0.6 is 15.9 Å². The number of anilines is 2. The molecule has 5 nitrogen and oxygen atoms in total.